The summed E-state index contributed by atoms with van der Waals surface area (Å²) < 4.78 is 5.69. The van der Waals surface area contributed by atoms with Crippen molar-refractivity contribution in [2.24, 2.45) is 11.7 Å². The number of hydrogen-bond acceptors (Lipinski definition) is 2. The lowest BCUT2D eigenvalue weighted by Crippen LogP contribution is -2.39. The summed E-state index contributed by atoms with van der Waals surface area (Å²) in [6.07, 6.45) is 3.15. The molecule has 0 aromatic rings. The Morgan fingerprint density at radius 2 is 1.91 bits per heavy atom. The van der Waals surface area contributed by atoms with E-state index >= 15 is 0 Å². The number of rotatable bonds is 3. The molecule has 0 radical (unpaired) electrons. The van der Waals surface area contributed by atoms with Gasteiger partial charge in [0.2, 0.25) is 0 Å². The summed E-state index contributed by atoms with van der Waals surface area (Å²) in [6, 6.07) is 0.158. The Labute approximate surface area is 69.1 Å². The van der Waals surface area contributed by atoms with E-state index in [0.717, 1.165) is 5.92 Å². The van der Waals surface area contributed by atoms with E-state index in [9.17, 15) is 0 Å². The molecule has 1 fully saturated rings. The van der Waals surface area contributed by atoms with Crippen molar-refractivity contribution in [1.29, 1.82) is 0 Å². The highest BCUT2D eigenvalue weighted by atomic mass is 16.5. The van der Waals surface area contributed by atoms with Gasteiger partial charge in [-0.2, -0.15) is 0 Å². The lowest BCUT2D eigenvalue weighted by Gasteiger charge is -2.35. The molecule has 0 saturated heterocycles. The van der Waals surface area contributed by atoms with Crippen LogP contribution in [0, 0.1) is 5.92 Å². The average molecular weight is 157 g/mol. The molecule has 11 heavy (non-hydrogen) atoms. The van der Waals surface area contributed by atoms with Crippen molar-refractivity contribution in [3.05, 3.63) is 0 Å². The fourth-order valence-electron chi connectivity index (χ4n) is 1.37. The third kappa shape index (κ3) is 2.46. The van der Waals surface area contributed by atoms with Gasteiger partial charge in [-0.25, -0.2) is 0 Å². The van der Waals surface area contributed by atoms with Crippen molar-refractivity contribution < 1.29 is 4.74 Å². The highest BCUT2D eigenvalue weighted by Crippen LogP contribution is 2.30. The first-order valence-corrected chi connectivity index (χ1v) is 4.50. The molecule has 2 N–H and O–H groups in total. The van der Waals surface area contributed by atoms with Gasteiger partial charge in [0.1, 0.15) is 0 Å². The van der Waals surface area contributed by atoms with Crippen LogP contribution in [0.4, 0.5) is 0 Å². The zero-order valence-electron chi connectivity index (χ0n) is 7.71. The smallest absolute Gasteiger partial charge is 0.0698 e. The van der Waals surface area contributed by atoms with Crippen LogP contribution in [0.2, 0.25) is 0 Å². The molecule has 0 aromatic heterocycles. The van der Waals surface area contributed by atoms with E-state index in [1.54, 1.807) is 0 Å². The maximum Gasteiger partial charge on any atom is 0.0698 e. The summed E-state index contributed by atoms with van der Waals surface area (Å²) in [6.45, 7) is 6.30. The zero-order valence-corrected chi connectivity index (χ0v) is 7.71. The van der Waals surface area contributed by atoms with E-state index in [0.29, 0.717) is 6.10 Å². The summed E-state index contributed by atoms with van der Waals surface area (Å²) in [5.41, 5.74) is 5.67. The van der Waals surface area contributed by atoms with Gasteiger partial charge in [0.25, 0.3) is 0 Å². The predicted molar refractivity (Wildman–Crippen MR) is 46.4 cm³/mol. The van der Waals surface area contributed by atoms with Crippen LogP contribution in [0.1, 0.15) is 33.6 Å². The minimum absolute atomic E-state index is 0.158. The molecule has 0 amide bonds. The summed E-state index contributed by atoms with van der Waals surface area (Å²) in [4.78, 5) is 0. The van der Waals surface area contributed by atoms with Gasteiger partial charge >= 0.3 is 0 Å². The van der Waals surface area contributed by atoms with Crippen molar-refractivity contribution in [2.45, 2.75) is 51.9 Å². The van der Waals surface area contributed by atoms with E-state index in [4.69, 9.17) is 10.5 Å². The molecule has 1 aliphatic carbocycles. The second kappa shape index (κ2) is 3.55. The predicted octanol–water partition coefficient (Wildman–Crippen LogP) is 1.54. The Bertz CT molecular complexity index is 119. The van der Waals surface area contributed by atoms with E-state index in [2.05, 4.69) is 6.92 Å². The third-order valence-electron chi connectivity index (χ3n) is 2.48. The maximum absolute atomic E-state index is 5.69. The minimum Gasteiger partial charge on any atom is -0.374 e. The topological polar surface area (TPSA) is 35.2 Å². The SMILES string of the molecule is CC(N)C(C)O[C@H]1C[C@@H](C)C1. The van der Waals surface area contributed by atoms with Crippen molar-refractivity contribution in [1.82, 2.24) is 0 Å². The molecular formula is C9H19NO. The first-order chi connectivity index (χ1) is 5.09. The van der Waals surface area contributed by atoms with E-state index in [1.807, 2.05) is 13.8 Å². The summed E-state index contributed by atoms with van der Waals surface area (Å²) in [7, 11) is 0. The van der Waals surface area contributed by atoms with Crippen molar-refractivity contribution >= 4 is 0 Å². The number of hydrogen-bond donors (Lipinski definition) is 1. The van der Waals surface area contributed by atoms with E-state index in [-0.39, 0.29) is 12.1 Å². The molecular weight excluding hydrogens is 138 g/mol. The van der Waals surface area contributed by atoms with Crippen LogP contribution in [0.5, 0.6) is 0 Å². The van der Waals surface area contributed by atoms with Gasteiger partial charge in [0.15, 0.2) is 0 Å². The Hall–Kier alpha value is -0.0800. The first kappa shape index (κ1) is 9.01. The number of nitrogens with two attached hydrogens (primary N) is 1. The Morgan fingerprint density at radius 3 is 2.27 bits per heavy atom. The van der Waals surface area contributed by atoms with Crippen LogP contribution in [0.15, 0.2) is 0 Å². The van der Waals surface area contributed by atoms with Crippen LogP contribution in [0.3, 0.4) is 0 Å². The molecule has 1 saturated carbocycles. The van der Waals surface area contributed by atoms with Crippen LogP contribution >= 0.6 is 0 Å². The second-order valence-corrected chi connectivity index (χ2v) is 3.90. The van der Waals surface area contributed by atoms with Gasteiger partial charge in [0, 0.05) is 6.04 Å². The highest BCUT2D eigenvalue weighted by Gasteiger charge is 2.28. The first-order valence-electron chi connectivity index (χ1n) is 4.50. The van der Waals surface area contributed by atoms with Crippen molar-refractivity contribution in [3.8, 4) is 0 Å². The van der Waals surface area contributed by atoms with Crippen molar-refractivity contribution in [2.75, 3.05) is 0 Å². The van der Waals surface area contributed by atoms with Gasteiger partial charge in [-0.3, -0.25) is 0 Å². The molecule has 2 nitrogen and oxygen atoms in total. The molecule has 0 spiro atoms. The molecule has 1 aliphatic rings. The quantitative estimate of drug-likeness (QED) is 0.674. The van der Waals surface area contributed by atoms with Gasteiger partial charge in [-0.1, -0.05) is 6.92 Å². The van der Waals surface area contributed by atoms with Gasteiger partial charge in [-0.05, 0) is 32.6 Å². The molecule has 0 heterocycles. The van der Waals surface area contributed by atoms with E-state index in [1.165, 1.54) is 12.8 Å². The van der Waals surface area contributed by atoms with Crippen molar-refractivity contribution in [3.63, 3.8) is 0 Å². The highest BCUT2D eigenvalue weighted by molar-refractivity contribution is 4.78. The average Bonchev–Trinajstić information content (AvgIpc) is 1.84. The van der Waals surface area contributed by atoms with Gasteiger partial charge in [0.05, 0.1) is 12.2 Å². The molecule has 2 unspecified atom stereocenters. The summed E-state index contributed by atoms with van der Waals surface area (Å²) in [5, 5.41) is 0. The normalized spacial score (nSPS) is 36.0. The molecule has 0 aliphatic heterocycles. The molecule has 0 bridgehead atoms. The fraction of sp³-hybridized carbons (Fsp3) is 1.00. The standard InChI is InChI=1S/C9H19NO/c1-6-4-9(5-6)11-8(3)7(2)10/h6-9H,4-5,10H2,1-3H3/t6-,7?,8?,9+. The zero-order chi connectivity index (χ0) is 8.43. The Morgan fingerprint density at radius 1 is 1.36 bits per heavy atom. The van der Waals surface area contributed by atoms with Crippen LogP contribution in [-0.2, 0) is 4.74 Å². The summed E-state index contributed by atoms with van der Waals surface area (Å²) in [5.74, 6) is 0.861. The van der Waals surface area contributed by atoms with Gasteiger partial charge in [-0.15, -0.1) is 0 Å². The van der Waals surface area contributed by atoms with Crippen LogP contribution in [0.25, 0.3) is 0 Å². The Balaban J connectivity index is 2.11. The molecule has 2 atom stereocenters. The van der Waals surface area contributed by atoms with Crippen LogP contribution < -0.4 is 5.73 Å². The number of ether oxygens (including phenoxy) is 1. The van der Waals surface area contributed by atoms with E-state index < -0.39 is 0 Å². The fourth-order valence-corrected chi connectivity index (χ4v) is 1.37. The van der Waals surface area contributed by atoms with Crippen LogP contribution in [-0.4, -0.2) is 18.2 Å². The lowest BCUT2D eigenvalue weighted by atomic mass is 9.84. The molecule has 66 valence electrons. The third-order valence-corrected chi connectivity index (χ3v) is 2.48. The Kier molecular flexibility index (Phi) is 2.90. The summed E-state index contributed by atoms with van der Waals surface area (Å²) >= 11 is 0. The second-order valence-electron chi connectivity index (χ2n) is 3.90. The minimum atomic E-state index is 0.158. The molecule has 1 rings (SSSR count). The molecule has 2 heteroatoms. The van der Waals surface area contributed by atoms with Gasteiger partial charge < -0.3 is 10.5 Å². The monoisotopic (exact) mass is 157 g/mol. The maximum atomic E-state index is 5.69. The largest absolute Gasteiger partial charge is 0.374 e. The molecule has 0 aromatic carbocycles. The lowest BCUT2D eigenvalue weighted by molar-refractivity contribution is -0.0711.